The Labute approximate surface area is 110 Å². The van der Waals surface area contributed by atoms with E-state index in [0.29, 0.717) is 21.1 Å². The van der Waals surface area contributed by atoms with Crippen molar-refractivity contribution in [1.82, 2.24) is 4.98 Å². The fraction of sp³-hybridized carbons (Fsp3) is 0.167. The van der Waals surface area contributed by atoms with Crippen LogP contribution in [0.4, 0.5) is 5.13 Å². The smallest absolute Gasteiger partial charge is 0.180 e. The van der Waals surface area contributed by atoms with Crippen LogP contribution in [0.2, 0.25) is 5.02 Å². The van der Waals surface area contributed by atoms with E-state index in [2.05, 4.69) is 4.98 Å². The maximum absolute atomic E-state index is 12.0. The van der Waals surface area contributed by atoms with Crippen molar-refractivity contribution in [2.75, 3.05) is 5.73 Å². The number of hydrogen-bond donors (Lipinski definition) is 1. The first-order valence-electron chi connectivity index (χ1n) is 5.47. The molecule has 5 heteroatoms. The molecule has 0 unspecified atom stereocenters. The highest BCUT2D eigenvalue weighted by atomic mass is 35.5. The molecule has 2 aromatic rings. The van der Waals surface area contributed by atoms with E-state index >= 15 is 0 Å². The second kappa shape index (κ2) is 4.85. The number of nitrogens with zero attached hydrogens (tertiary/aromatic N) is 1. The van der Waals surface area contributed by atoms with E-state index in [1.54, 1.807) is 6.07 Å². The third-order valence-corrected chi connectivity index (χ3v) is 3.61. The predicted molar refractivity (Wildman–Crippen MR) is 70.7 cm³/mol. The maximum Gasteiger partial charge on any atom is 0.180 e. The quantitative estimate of drug-likeness (QED) is 0.870. The molecule has 0 saturated carbocycles. The summed E-state index contributed by atoms with van der Waals surface area (Å²) in [7, 11) is 0. The monoisotopic (exact) mass is 267 g/mol. The molecule has 88 valence electrons. The van der Waals surface area contributed by atoms with Crippen LogP contribution in [-0.4, -0.2) is 10.8 Å². The number of nitrogen functional groups attached to an aromatic ring is 1. The average molecular weight is 268 g/mol. The van der Waals surface area contributed by atoms with Crippen LogP contribution in [0, 0.1) is 6.92 Å². The number of aryl methyl sites for hydroxylation is 1. The second-order valence-corrected chi connectivity index (χ2v) is 5.10. The van der Waals surface area contributed by atoms with Crippen molar-refractivity contribution >= 4 is 33.9 Å². The molecule has 3 nitrogen and oxygen atoms in total. The van der Waals surface area contributed by atoms with Gasteiger partial charge in [0.05, 0.1) is 12.4 Å². The summed E-state index contributed by atoms with van der Waals surface area (Å²) in [6, 6.07) is 3.57. The summed E-state index contributed by atoms with van der Waals surface area (Å²) in [4.78, 5) is 16.4. The molecule has 2 rings (SSSR count). The lowest BCUT2D eigenvalue weighted by molar-refractivity contribution is 0.0996. The summed E-state index contributed by atoms with van der Waals surface area (Å²) >= 11 is 7.23. The molecule has 2 N–H and O–H groups in total. The number of ketones is 1. The number of nitrogens with two attached hydrogens (primary N) is 1. The maximum atomic E-state index is 12.0. The number of Topliss-reactive ketones (excluding diaryl/α,β-unsaturated/α-hetero) is 1. The summed E-state index contributed by atoms with van der Waals surface area (Å²) in [6.07, 6.45) is 1.68. The van der Waals surface area contributed by atoms with Gasteiger partial charge in [-0.05, 0) is 24.1 Å². The number of carbonyl (C=O) groups is 1. The molecule has 0 bridgehead atoms. The molecule has 0 saturated heterocycles. The molecule has 0 atom stereocenters. The standard InChI is InChI=1S/C12H11ClN2OS/c1-7-3-2-4-9(13)8(7)5-10(16)11-6-15-12(14)17-11/h2-4,6H,5H2,1H3,(H2,14,15)/i2D. The highest BCUT2D eigenvalue weighted by molar-refractivity contribution is 7.17. The molecule has 1 aromatic heterocycles. The van der Waals surface area contributed by atoms with Crippen molar-refractivity contribution in [2.24, 2.45) is 0 Å². The van der Waals surface area contributed by atoms with Gasteiger partial charge in [-0.3, -0.25) is 4.79 Å². The third kappa shape index (κ3) is 2.65. The lowest BCUT2D eigenvalue weighted by atomic mass is 10.0. The van der Waals surface area contributed by atoms with Crippen molar-refractivity contribution in [3.63, 3.8) is 0 Å². The number of benzene rings is 1. The predicted octanol–water partition coefficient (Wildman–Crippen LogP) is 3.11. The molecular formula is C12H11ClN2OS. The molecule has 0 aliphatic carbocycles. The number of rotatable bonds is 3. The minimum atomic E-state index is -0.0630. The lowest BCUT2D eigenvalue weighted by Crippen LogP contribution is -2.03. The first-order valence-corrected chi connectivity index (χ1v) is 6.17. The van der Waals surface area contributed by atoms with Gasteiger partial charge in [-0.25, -0.2) is 4.98 Å². The van der Waals surface area contributed by atoms with Crippen LogP contribution in [0.1, 0.15) is 22.2 Å². The molecule has 0 radical (unpaired) electrons. The molecule has 0 aliphatic rings. The highest BCUT2D eigenvalue weighted by Crippen LogP contribution is 2.23. The van der Waals surface area contributed by atoms with Crippen LogP contribution >= 0.6 is 22.9 Å². The van der Waals surface area contributed by atoms with Crippen molar-refractivity contribution < 1.29 is 6.17 Å². The fourth-order valence-electron chi connectivity index (χ4n) is 1.49. The van der Waals surface area contributed by atoms with Gasteiger partial charge in [-0.1, -0.05) is 35.0 Å². The number of thiazole rings is 1. The van der Waals surface area contributed by atoms with Gasteiger partial charge < -0.3 is 5.73 Å². The zero-order chi connectivity index (χ0) is 13.3. The Bertz CT molecular complexity index is 589. The van der Waals surface area contributed by atoms with Gasteiger partial charge in [-0.15, -0.1) is 0 Å². The lowest BCUT2D eigenvalue weighted by Gasteiger charge is -2.06. The van der Waals surface area contributed by atoms with Crippen LogP contribution in [0.5, 0.6) is 0 Å². The first-order chi connectivity index (χ1) is 8.47. The zero-order valence-electron chi connectivity index (χ0n) is 10.2. The van der Waals surface area contributed by atoms with Gasteiger partial charge in [0.2, 0.25) is 0 Å². The van der Waals surface area contributed by atoms with Crippen LogP contribution in [0.25, 0.3) is 0 Å². The van der Waals surface area contributed by atoms with Gasteiger partial charge in [0.15, 0.2) is 10.9 Å². The molecule has 1 heterocycles. The minimum Gasteiger partial charge on any atom is -0.375 e. The summed E-state index contributed by atoms with van der Waals surface area (Å²) in [5, 5.41) is 0.827. The highest BCUT2D eigenvalue weighted by Gasteiger charge is 2.13. The Kier molecular flexibility index (Phi) is 3.07. The molecule has 0 aliphatic heterocycles. The summed E-state index contributed by atoms with van der Waals surface area (Å²) in [5.41, 5.74) is 7.09. The van der Waals surface area contributed by atoms with Crippen molar-refractivity contribution in [3.05, 3.63) is 45.4 Å². The first kappa shape index (κ1) is 10.7. The van der Waals surface area contributed by atoms with E-state index in [0.717, 1.165) is 11.1 Å². The van der Waals surface area contributed by atoms with Gasteiger partial charge in [0.25, 0.3) is 0 Å². The molecule has 0 fully saturated rings. The normalized spacial score (nSPS) is 11.3. The SMILES string of the molecule is [2H]c1cc(C)c(CC(=O)c2cnc(N)s2)c(Cl)c1. The largest absolute Gasteiger partial charge is 0.375 e. The Balaban J connectivity index is 2.27. The van der Waals surface area contributed by atoms with Crippen molar-refractivity contribution in [1.29, 1.82) is 0 Å². The van der Waals surface area contributed by atoms with Gasteiger partial charge in [-0.2, -0.15) is 0 Å². The second-order valence-electron chi connectivity index (χ2n) is 3.63. The van der Waals surface area contributed by atoms with Crippen LogP contribution in [0.15, 0.2) is 24.4 Å². The number of carbonyl (C=O) groups excluding carboxylic acids is 1. The number of aromatic nitrogens is 1. The van der Waals surface area contributed by atoms with Gasteiger partial charge >= 0.3 is 0 Å². The van der Waals surface area contributed by atoms with E-state index in [9.17, 15) is 4.79 Å². The summed E-state index contributed by atoms with van der Waals surface area (Å²) < 4.78 is 7.53. The van der Waals surface area contributed by atoms with Gasteiger partial charge in [0, 0.05) is 11.4 Å². The molecule has 17 heavy (non-hydrogen) atoms. The molecule has 1 aromatic carbocycles. The van der Waals surface area contributed by atoms with Crippen molar-refractivity contribution in [2.45, 2.75) is 13.3 Å². The minimum absolute atomic E-state index is 0.0630. The molecule has 0 amide bonds. The topological polar surface area (TPSA) is 56.0 Å². The Morgan fingerprint density at radius 2 is 2.41 bits per heavy atom. The third-order valence-electron chi connectivity index (χ3n) is 2.41. The Morgan fingerprint density at radius 1 is 1.65 bits per heavy atom. The van der Waals surface area contributed by atoms with E-state index in [1.807, 2.05) is 6.92 Å². The zero-order valence-corrected chi connectivity index (χ0v) is 10.7. The van der Waals surface area contributed by atoms with E-state index in [4.69, 9.17) is 18.7 Å². The van der Waals surface area contributed by atoms with Crippen LogP contribution in [0.3, 0.4) is 0 Å². The Morgan fingerprint density at radius 3 is 3.00 bits per heavy atom. The summed E-state index contributed by atoms with van der Waals surface area (Å²) in [6.45, 7) is 1.84. The molecular weight excluding hydrogens is 256 g/mol. The fourth-order valence-corrected chi connectivity index (χ4v) is 2.39. The number of halogens is 1. The van der Waals surface area contributed by atoms with E-state index in [1.165, 1.54) is 23.6 Å². The summed E-state index contributed by atoms with van der Waals surface area (Å²) in [5.74, 6) is -0.0630. The van der Waals surface area contributed by atoms with E-state index in [-0.39, 0.29) is 12.2 Å². The number of anilines is 1. The van der Waals surface area contributed by atoms with Crippen LogP contribution in [-0.2, 0) is 6.42 Å². The van der Waals surface area contributed by atoms with E-state index < -0.39 is 0 Å². The van der Waals surface area contributed by atoms with Gasteiger partial charge in [0.1, 0.15) is 0 Å². The van der Waals surface area contributed by atoms with Crippen LogP contribution < -0.4 is 5.73 Å². The molecule has 0 spiro atoms. The average Bonchev–Trinajstić information content (AvgIpc) is 2.70. The number of hydrogen-bond acceptors (Lipinski definition) is 4. The Hall–Kier alpha value is -1.39. The van der Waals surface area contributed by atoms with Crippen molar-refractivity contribution in [3.8, 4) is 0 Å².